The summed E-state index contributed by atoms with van der Waals surface area (Å²) in [7, 11) is 4.15. The fourth-order valence-corrected chi connectivity index (χ4v) is 2.16. The standard InChI is InChI=1S/C13H19ClN4/c1-10(7-17(2)3)15-6-12-9-18-8-11(14)4-5-13(18)16-12/h4-5,8-10,15H,6-7H2,1-3H3. The summed E-state index contributed by atoms with van der Waals surface area (Å²) in [5, 5.41) is 4.18. The van der Waals surface area contributed by atoms with E-state index in [-0.39, 0.29) is 0 Å². The van der Waals surface area contributed by atoms with Crippen molar-refractivity contribution in [3.8, 4) is 0 Å². The largest absolute Gasteiger partial charge is 0.308 e. The third-order valence-electron chi connectivity index (χ3n) is 2.74. The average Bonchev–Trinajstić information content (AvgIpc) is 2.67. The van der Waals surface area contributed by atoms with Gasteiger partial charge in [0.25, 0.3) is 0 Å². The van der Waals surface area contributed by atoms with Crippen molar-refractivity contribution in [1.82, 2.24) is 19.6 Å². The molecule has 18 heavy (non-hydrogen) atoms. The van der Waals surface area contributed by atoms with Gasteiger partial charge in [-0.2, -0.15) is 0 Å². The number of imidazole rings is 1. The van der Waals surface area contributed by atoms with Crippen molar-refractivity contribution in [2.24, 2.45) is 0 Å². The molecule has 0 aliphatic carbocycles. The maximum absolute atomic E-state index is 5.94. The molecule has 0 fully saturated rings. The Balaban J connectivity index is 1.99. The number of nitrogens with zero attached hydrogens (tertiary/aromatic N) is 3. The van der Waals surface area contributed by atoms with Crippen LogP contribution in [-0.2, 0) is 6.54 Å². The monoisotopic (exact) mass is 266 g/mol. The number of halogens is 1. The maximum atomic E-state index is 5.94. The van der Waals surface area contributed by atoms with E-state index in [4.69, 9.17) is 11.6 Å². The fourth-order valence-electron chi connectivity index (χ4n) is 1.99. The van der Waals surface area contributed by atoms with E-state index >= 15 is 0 Å². The van der Waals surface area contributed by atoms with Gasteiger partial charge in [0.15, 0.2) is 0 Å². The molecule has 0 bridgehead atoms. The summed E-state index contributed by atoms with van der Waals surface area (Å²) in [4.78, 5) is 6.70. The van der Waals surface area contributed by atoms with E-state index in [2.05, 4.69) is 36.2 Å². The van der Waals surface area contributed by atoms with Crippen LogP contribution in [0.1, 0.15) is 12.6 Å². The molecule has 0 saturated carbocycles. The van der Waals surface area contributed by atoms with Crippen LogP contribution >= 0.6 is 11.6 Å². The van der Waals surface area contributed by atoms with Crippen molar-refractivity contribution in [3.05, 3.63) is 35.2 Å². The van der Waals surface area contributed by atoms with Crippen molar-refractivity contribution in [3.63, 3.8) is 0 Å². The van der Waals surface area contributed by atoms with E-state index in [1.54, 1.807) is 0 Å². The Hall–Kier alpha value is -1.10. The van der Waals surface area contributed by atoms with Gasteiger partial charge >= 0.3 is 0 Å². The number of fused-ring (bicyclic) bond motifs is 1. The zero-order valence-corrected chi connectivity index (χ0v) is 11.8. The molecule has 4 nitrogen and oxygen atoms in total. The molecule has 1 unspecified atom stereocenters. The van der Waals surface area contributed by atoms with Gasteiger partial charge in [-0.1, -0.05) is 11.6 Å². The van der Waals surface area contributed by atoms with Gasteiger partial charge in [0.1, 0.15) is 5.65 Å². The summed E-state index contributed by atoms with van der Waals surface area (Å²) >= 11 is 5.94. The summed E-state index contributed by atoms with van der Waals surface area (Å²) < 4.78 is 1.95. The molecule has 5 heteroatoms. The first kappa shape index (κ1) is 13.3. The summed E-state index contributed by atoms with van der Waals surface area (Å²) in [6.45, 7) is 3.96. The number of rotatable bonds is 5. The molecule has 2 rings (SSSR count). The molecule has 2 aromatic rings. The minimum Gasteiger partial charge on any atom is -0.308 e. The fraction of sp³-hybridized carbons (Fsp3) is 0.462. The zero-order chi connectivity index (χ0) is 13.1. The van der Waals surface area contributed by atoms with Crippen molar-refractivity contribution in [2.75, 3.05) is 20.6 Å². The summed E-state index contributed by atoms with van der Waals surface area (Å²) in [6.07, 6.45) is 3.88. The lowest BCUT2D eigenvalue weighted by Crippen LogP contribution is -2.35. The van der Waals surface area contributed by atoms with E-state index in [1.165, 1.54) is 0 Å². The lowest BCUT2D eigenvalue weighted by Gasteiger charge is -2.17. The highest BCUT2D eigenvalue weighted by atomic mass is 35.5. The first-order chi connectivity index (χ1) is 8.54. The van der Waals surface area contributed by atoms with Crippen LogP contribution < -0.4 is 5.32 Å². The molecule has 98 valence electrons. The number of nitrogens with one attached hydrogen (secondary N) is 1. The maximum Gasteiger partial charge on any atom is 0.137 e. The Kier molecular flexibility index (Phi) is 4.22. The average molecular weight is 267 g/mol. The van der Waals surface area contributed by atoms with Crippen LogP contribution in [0.4, 0.5) is 0 Å². The molecule has 0 amide bonds. The third-order valence-corrected chi connectivity index (χ3v) is 2.96. The predicted molar refractivity (Wildman–Crippen MR) is 75.1 cm³/mol. The Labute approximate surface area is 113 Å². The molecule has 0 aliphatic heterocycles. The van der Waals surface area contributed by atoms with Gasteiger partial charge in [-0.05, 0) is 33.2 Å². The lowest BCUT2D eigenvalue weighted by atomic mass is 10.3. The third kappa shape index (κ3) is 3.45. The Morgan fingerprint density at radius 1 is 1.39 bits per heavy atom. The highest BCUT2D eigenvalue weighted by Crippen LogP contribution is 2.11. The minimum absolute atomic E-state index is 0.438. The Morgan fingerprint density at radius 2 is 2.17 bits per heavy atom. The van der Waals surface area contributed by atoms with Crippen LogP contribution in [0.2, 0.25) is 5.02 Å². The first-order valence-electron chi connectivity index (χ1n) is 6.06. The Morgan fingerprint density at radius 3 is 2.89 bits per heavy atom. The number of likely N-dealkylation sites (N-methyl/N-ethyl adjacent to an activating group) is 1. The molecule has 2 heterocycles. The van der Waals surface area contributed by atoms with Crippen LogP contribution in [0.25, 0.3) is 5.65 Å². The van der Waals surface area contributed by atoms with E-state index in [9.17, 15) is 0 Å². The van der Waals surface area contributed by atoms with E-state index in [0.717, 1.165) is 29.5 Å². The molecule has 0 aromatic carbocycles. The highest BCUT2D eigenvalue weighted by Gasteiger charge is 2.05. The second kappa shape index (κ2) is 5.69. The molecule has 0 saturated heterocycles. The predicted octanol–water partition coefficient (Wildman–Crippen LogP) is 2.03. The first-order valence-corrected chi connectivity index (χ1v) is 6.43. The van der Waals surface area contributed by atoms with Crippen LogP contribution in [0.5, 0.6) is 0 Å². The molecule has 0 radical (unpaired) electrons. The van der Waals surface area contributed by atoms with Crippen LogP contribution in [0, 0.1) is 0 Å². The normalized spacial score (nSPS) is 13.4. The van der Waals surface area contributed by atoms with Gasteiger partial charge in [0.05, 0.1) is 10.7 Å². The van der Waals surface area contributed by atoms with Gasteiger partial charge < -0.3 is 14.6 Å². The van der Waals surface area contributed by atoms with Crippen LogP contribution in [-0.4, -0.2) is 41.0 Å². The summed E-state index contributed by atoms with van der Waals surface area (Å²) in [5.41, 5.74) is 1.96. The van der Waals surface area contributed by atoms with Gasteiger partial charge in [-0.15, -0.1) is 0 Å². The molecular formula is C13H19ClN4. The summed E-state index contributed by atoms with van der Waals surface area (Å²) in [5.74, 6) is 0. The van der Waals surface area contributed by atoms with Gasteiger partial charge in [-0.3, -0.25) is 0 Å². The topological polar surface area (TPSA) is 32.6 Å². The lowest BCUT2D eigenvalue weighted by molar-refractivity contribution is 0.348. The molecule has 0 aliphatic rings. The van der Waals surface area contributed by atoms with Crippen molar-refractivity contribution < 1.29 is 0 Å². The van der Waals surface area contributed by atoms with Gasteiger partial charge in [0, 0.05) is 31.5 Å². The van der Waals surface area contributed by atoms with Crippen molar-refractivity contribution in [2.45, 2.75) is 19.5 Å². The molecule has 1 N–H and O–H groups in total. The minimum atomic E-state index is 0.438. The molecular weight excluding hydrogens is 248 g/mol. The zero-order valence-electron chi connectivity index (χ0n) is 11.0. The smallest absolute Gasteiger partial charge is 0.137 e. The quantitative estimate of drug-likeness (QED) is 0.899. The van der Waals surface area contributed by atoms with E-state index < -0.39 is 0 Å². The summed E-state index contributed by atoms with van der Waals surface area (Å²) in [6, 6.07) is 4.22. The van der Waals surface area contributed by atoms with Crippen molar-refractivity contribution >= 4 is 17.2 Å². The van der Waals surface area contributed by atoms with Crippen LogP contribution in [0.15, 0.2) is 24.5 Å². The molecule has 2 aromatic heterocycles. The number of hydrogen-bond donors (Lipinski definition) is 1. The Bertz CT molecular complexity index is 521. The molecule has 0 spiro atoms. The second-order valence-electron chi connectivity index (χ2n) is 4.89. The van der Waals surface area contributed by atoms with Gasteiger partial charge in [-0.25, -0.2) is 4.98 Å². The second-order valence-corrected chi connectivity index (χ2v) is 5.33. The number of aromatic nitrogens is 2. The van der Waals surface area contributed by atoms with E-state index in [0.29, 0.717) is 6.04 Å². The molecule has 1 atom stereocenters. The SMILES string of the molecule is CC(CN(C)C)NCc1cn2cc(Cl)ccc2n1. The van der Waals surface area contributed by atoms with Crippen LogP contribution in [0.3, 0.4) is 0 Å². The van der Waals surface area contributed by atoms with Crippen molar-refractivity contribution in [1.29, 1.82) is 0 Å². The number of pyridine rings is 1. The van der Waals surface area contributed by atoms with Gasteiger partial charge in [0.2, 0.25) is 0 Å². The highest BCUT2D eigenvalue weighted by molar-refractivity contribution is 6.30. The van der Waals surface area contributed by atoms with E-state index in [1.807, 2.05) is 28.9 Å². The number of hydrogen-bond acceptors (Lipinski definition) is 3.